The minimum atomic E-state index is -0.869. The Morgan fingerprint density at radius 1 is 1.10 bits per heavy atom. The largest absolute Gasteiger partial charge is 0.478 e. The van der Waals surface area contributed by atoms with Crippen molar-refractivity contribution < 1.29 is 9.90 Å². The van der Waals surface area contributed by atoms with Gasteiger partial charge in [-0.25, -0.2) is 4.79 Å². The maximum atomic E-state index is 11.0. The molecule has 0 amide bonds. The zero-order chi connectivity index (χ0) is 15.0. The number of aromatic carboxylic acids is 1. The molecule has 0 unspecified atom stereocenters. The Labute approximate surface area is 122 Å². The van der Waals surface area contributed by atoms with Gasteiger partial charge in [0.05, 0.1) is 5.56 Å². The molecule has 0 fully saturated rings. The zero-order valence-corrected chi connectivity index (χ0v) is 12.8. The lowest BCUT2D eigenvalue weighted by molar-refractivity contribution is 0.0697. The summed E-state index contributed by atoms with van der Waals surface area (Å²) >= 11 is 0. The quantitative estimate of drug-likeness (QED) is 0.754. The van der Waals surface area contributed by atoms with Gasteiger partial charge in [0.25, 0.3) is 0 Å². The molecule has 0 aliphatic rings. The second-order valence-electron chi connectivity index (χ2n) is 4.82. The van der Waals surface area contributed by atoms with Crippen LogP contribution in [0, 0.1) is 0 Å². The van der Waals surface area contributed by atoms with Gasteiger partial charge in [-0.3, -0.25) is 0 Å². The van der Waals surface area contributed by atoms with E-state index < -0.39 is 5.97 Å². The van der Waals surface area contributed by atoms with Crippen molar-refractivity contribution in [2.75, 3.05) is 37.6 Å². The Hall–Kier alpha value is -1.55. The first kappa shape index (κ1) is 16.5. The van der Waals surface area contributed by atoms with Crippen LogP contribution in [0.3, 0.4) is 0 Å². The number of anilines is 1. The summed E-state index contributed by atoms with van der Waals surface area (Å²) in [6.45, 7) is 11.5. The van der Waals surface area contributed by atoms with Crippen molar-refractivity contribution in [1.29, 1.82) is 0 Å². The van der Waals surface area contributed by atoms with Crippen LogP contribution in [0.15, 0.2) is 24.3 Å². The Morgan fingerprint density at radius 3 is 2.35 bits per heavy atom. The molecular weight excluding hydrogens is 252 g/mol. The van der Waals surface area contributed by atoms with Crippen LogP contribution in [0.5, 0.6) is 0 Å². The minimum absolute atomic E-state index is 0.352. The summed E-state index contributed by atoms with van der Waals surface area (Å²) in [5.41, 5.74) is 1.34. The predicted octanol–water partition coefficient (Wildman–Crippen LogP) is 2.94. The molecular formula is C16H26N2O2. The molecule has 1 rings (SSSR count). The van der Waals surface area contributed by atoms with E-state index in [4.69, 9.17) is 5.11 Å². The van der Waals surface area contributed by atoms with Crippen LogP contribution in [0.25, 0.3) is 0 Å². The maximum absolute atomic E-state index is 11.0. The zero-order valence-electron chi connectivity index (χ0n) is 12.8. The predicted molar refractivity (Wildman–Crippen MR) is 83.7 cm³/mol. The number of carboxylic acid groups (broad SMARTS) is 1. The van der Waals surface area contributed by atoms with E-state index in [1.54, 1.807) is 12.1 Å². The van der Waals surface area contributed by atoms with Gasteiger partial charge in [0.2, 0.25) is 0 Å². The lowest BCUT2D eigenvalue weighted by Crippen LogP contribution is -2.30. The van der Waals surface area contributed by atoms with Gasteiger partial charge in [0, 0.05) is 18.8 Å². The van der Waals surface area contributed by atoms with Gasteiger partial charge in [-0.1, -0.05) is 19.9 Å². The molecule has 0 spiro atoms. The smallest absolute Gasteiger partial charge is 0.335 e. The van der Waals surface area contributed by atoms with E-state index >= 15 is 0 Å². The maximum Gasteiger partial charge on any atom is 0.335 e. The van der Waals surface area contributed by atoms with Crippen molar-refractivity contribution in [3.63, 3.8) is 0 Å². The summed E-state index contributed by atoms with van der Waals surface area (Å²) in [5.74, 6) is -0.869. The summed E-state index contributed by atoms with van der Waals surface area (Å²) in [5, 5.41) is 9.05. The van der Waals surface area contributed by atoms with Gasteiger partial charge < -0.3 is 14.9 Å². The summed E-state index contributed by atoms with van der Waals surface area (Å²) in [7, 11) is 0. The summed E-state index contributed by atoms with van der Waals surface area (Å²) in [6, 6.07) is 7.18. The molecule has 4 nitrogen and oxygen atoms in total. The second kappa shape index (κ2) is 8.59. The summed E-state index contributed by atoms with van der Waals surface area (Å²) in [6.07, 6.45) is 1.09. The van der Waals surface area contributed by atoms with Crippen molar-refractivity contribution in [1.82, 2.24) is 4.90 Å². The highest BCUT2D eigenvalue weighted by Crippen LogP contribution is 2.16. The van der Waals surface area contributed by atoms with Gasteiger partial charge in [-0.05, 0) is 51.2 Å². The molecule has 20 heavy (non-hydrogen) atoms. The highest BCUT2D eigenvalue weighted by Gasteiger charge is 2.08. The molecule has 0 heterocycles. The Morgan fingerprint density at radius 2 is 1.80 bits per heavy atom. The van der Waals surface area contributed by atoms with E-state index in [0.29, 0.717) is 5.56 Å². The molecule has 0 atom stereocenters. The molecule has 1 aromatic carbocycles. The topological polar surface area (TPSA) is 43.8 Å². The third kappa shape index (κ3) is 4.85. The van der Waals surface area contributed by atoms with Gasteiger partial charge in [-0.15, -0.1) is 0 Å². The van der Waals surface area contributed by atoms with Crippen molar-refractivity contribution >= 4 is 11.7 Å². The van der Waals surface area contributed by atoms with Crippen LogP contribution in [0.4, 0.5) is 5.69 Å². The standard InChI is InChI=1S/C16H26N2O2/c1-4-17(5-2)11-8-12-18(6-3)15-10-7-9-14(13-15)16(19)20/h7,9-10,13H,4-6,8,11-12H2,1-3H3,(H,19,20). The number of benzene rings is 1. The first-order valence-corrected chi connectivity index (χ1v) is 7.43. The van der Waals surface area contributed by atoms with Gasteiger partial charge in [0.15, 0.2) is 0 Å². The number of hydrogen-bond acceptors (Lipinski definition) is 3. The van der Waals surface area contributed by atoms with Crippen LogP contribution < -0.4 is 4.90 Å². The molecule has 1 aromatic rings. The monoisotopic (exact) mass is 278 g/mol. The van der Waals surface area contributed by atoms with E-state index in [1.807, 2.05) is 12.1 Å². The Kier molecular flexibility index (Phi) is 7.09. The van der Waals surface area contributed by atoms with Crippen molar-refractivity contribution in [3.8, 4) is 0 Å². The van der Waals surface area contributed by atoms with Crippen LogP contribution in [-0.4, -0.2) is 48.7 Å². The molecule has 0 bridgehead atoms. The fourth-order valence-electron chi connectivity index (χ4n) is 2.33. The first-order valence-electron chi connectivity index (χ1n) is 7.43. The van der Waals surface area contributed by atoms with Gasteiger partial charge in [-0.2, -0.15) is 0 Å². The van der Waals surface area contributed by atoms with E-state index in [9.17, 15) is 4.79 Å². The third-order valence-electron chi connectivity index (χ3n) is 3.64. The number of carboxylic acids is 1. The SMILES string of the molecule is CCN(CC)CCCN(CC)c1cccc(C(=O)O)c1. The lowest BCUT2D eigenvalue weighted by Gasteiger charge is -2.25. The average Bonchev–Trinajstić information content (AvgIpc) is 2.48. The fraction of sp³-hybridized carbons (Fsp3) is 0.562. The number of rotatable bonds is 9. The molecule has 0 saturated heterocycles. The van der Waals surface area contributed by atoms with Gasteiger partial charge in [0.1, 0.15) is 0 Å². The highest BCUT2D eigenvalue weighted by molar-refractivity contribution is 5.88. The van der Waals surface area contributed by atoms with Gasteiger partial charge >= 0.3 is 5.97 Å². The molecule has 0 radical (unpaired) electrons. The average molecular weight is 278 g/mol. The first-order chi connectivity index (χ1) is 9.62. The molecule has 0 aliphatic heterocycles. The summed E-state index contributed by atoms with van der Waals surface area (Å²) < 4.78 is 0. The molecule has 0 aromatic heterocycles. The fourth-order valence-corrected chi connectivity index (χ4v) is 2.33. The van der Waals surface area contributed by atoms with E-state index in [1.165, 1.54) is 0 Å². The molecule has 4 heteroatoms. The number of nitrogens with zero attached hydrogens (tertiary/aromatic N) is 2. The highest BCUT2D eigenvalue weighted by atomic mass is 16.4. The van der Waals surface area contributed by atoms with E-state index in [2.05, 4.69) is 30.6 Å². The summed E-state index contributed by atoms with van der Waals surface area (Å²) in [4.78, 5) is 15.7. The Bertz CT molecular complexity index is 417. The number of hydrogen-bond donors (Lipinski definition) is 1. The van der Waals surface area contributed by atoms with E-state index in [0.717, 1.165) is 44.8 Å². The molecule has 112 valence electrons. The Balaban J connectivity index is 2.62. The van der Waals surface area contributed by atoms with E-state index in [-0.39, 0.29) is 0 Å². The van der Waals surface area contributed by atoms with Crippen LogP contribution in [-0.2, 0) is 0 Å². The third-order valence-corrected chi connectivity index (χ3v) is 3.64. The van der Waals surface area contributed by atoms with Crippen molar-refractivity contribution in [2.24, 2.45) is 0 Å². The van der Waals surface area contributed by atoms with Crippen molar-refractivity contribution in [3.05, 3.63) is 29.8 Å². The molecule has 0 aliphatic carbocycles. The van der Waals surface area contributed by atoms with Crippen LogP contribution >= 0.6 is 0 Å². The minimum Gasteiger partial charge on any atom is -0.478 e. The second-order valence-corrected chi connectivity index (χ2v) is 4.82. The van der Waals surface area contributed by atoms with Crippen molar-refractivity contribution in [2.45, 2.75) is 27.2 Å². The normalized spacial score (nSPS) is 10.8. The van der Waals surface area contributed by atoms with Crippen LogP contribution in [0.1, 0.15) is 37.6 Å². The lowest BCUT2D eigenvalue weighted by atomic mass is 10.2. The molecule has 1 N–H and O–H groups in total. The molecule has 0 saturated carbocycles. The van der Waals surface area contributed by atoms with Crippen LogP contribution in [0.2, 0.25) is 0 Å². The number of carbonyl (C=O) groups is 1.